The highest BCUT2D eigenvalue weighted by atomic mass is 16.7. The molecule has 146 valence electrons. The van der Waals surface area contributed by atoms with Gasteiger partial charge < -0.3 is 19.5 Å². The number of nitrogens with one attached hydrogen (secondary N) is 1. The fourth-order valence-electron chi connectivity index (χ4n) is 3.75. The van der Waals surface area contributed by atoms with E-state index >= 15 is 0 Å². The molecule has 0 spiro atoms. The highest BCUT2D eigenvalue weighted by Crippen LogP contribution is 2.39. The van der Waals surface area contributed by atoms with Crippen molar-refractivity contribution < 1.29 is 19.0 Å². The van der Waals surface area contributed by atoms with Gasteiger partial charge in [0.05, 0.1) is 12.2 Å². The SMILES string of the molecule is Cc1cccnc1-c1cccc2c1O[C@H](CNC(=O)c1ccc3c(c1)OCO3)C2. The molecular formula is C23H20N2O4. The van der Waals surface area contributed by atoms with Crippen molar-refractivity contribution in [1.82, 2.24) is 10.3 Å². The predicted octanol–water partition coefficient (Wildman–Crippen LogP) is 3.52. The Hall–Kier alpha value is -3.54. The zero-order chi connectivity index (χ0) is 19.8. The van der Waals surface area contributed by atoms with Crippen molar-refractivity contribution >= 4 is 5.91 Å². The number of rotatable bonds is 4. The molecule has 5 rings (SSSR count). The van der Waals surface area contributed by atoms with Crippen LogP contribution < -0.4 is 19.5 Å². The number of nitrogens with zero attached hydrogens (tertiary/aromatic N) is 1. The van der Waals surface area contributed by atoms with Crippen LogP contribution in [0.1, 0.15) is 21.5 Å². The Labute approximate surface area is 168 Å². The second-order valence-corrected chi connectivity index (χ2v) is 7.18. The summed E-state index contributed by atoms with van der Waals surface area (Å²) in [6.45, 7) is 2.65. The van der Waals surface area contributed by atoms with Crippen molar-refractivity contribution in [3.05, 3.63) is 71.4 Å². The molecule has 0 radical (unpaired) electrons. The van der Waals surface area contributed by atoms with Gasteiger partial charge in [0, 0.05) is 23.7 Å². The third-order valence-corrected chi connectivity index (χ3v) is 5.22. The third kappa shape index (κ3) is 3.27. The molecular weight excluding hydrogens is 368 g/mol. The van der Waals surface area contributed by atoms with E-state index < -0.39 is 0 Å². The minimum atomic E-state index is -0.163. The fourth-order valence-corrected chi connectivity index (χ4v) is 3.75. The van der Waals surface area contributed by atoms with Crippen LogP contribution in [-0.4, -0.2) is 30.3 Å². The quantitative estimate of drug-likeness (QED) is 0.741. The van der Waals surface area contributed by atoms with Gasteiger partial charge in [0.2, 0.25) is 6.79 Å². The van der Waals surface area contributed by atoms with Crippen LogP contribution in [0.3, 0.4) is 0 Å². The lowest BCUT2D eigenvalue weighted by molar-refractivity contribution is 0.0933. The number of carbonyl (C=O) groups is 1. The molecule has 2 aliphatic heterocycles. The first-order chi connectivity index (χ1) is 14.2. The standard InChI is InChI=1S/C23H20N2O4/c1-14-4-3-9-24-21(14)18-6-2-5-15-10-17(29-22(15)18)12-25-23(26)16-7-8-19-20(11-16)28-13-27-19/h2-9,11,17H,10,12-13H2,1H3,(H,25,26)/t17-/m0/s1. The van der Waals surface area contributed by atoms with Gasteiger partial charge in [0.15, 0.2) is 11.5 Å². The van der Waals surface area contributed by atoms with Gasteiger partial charge in [0.25, 0.3) is 5.91 Å². The second-order valence-electron chi connectivity index (χ2n) is 7.18. The Balaban J connectivity index is 1.28. The lowest BCUT2D eigenvalue weighted by Crippen LogP contribution is -2.34. The van der Waals surface area contributed by atoms with Crippen molar-refractivity contribution in [2.45, 2.75) is 19.4 Å². The summed E-state index contributed by atoms with van der Waals surface area (Å²) in [4.78, 5) is 17.1. The number of ether oxygens (including phenoxy) is 3. The summed E-state index contributed by atoms with van der Waals surface area (Å²) in [6.07, 6.45) is 2.42. The molecule has 0 bridgehead atoms. The minimum Gasteiger partial charge on any atom is -0.487 e. The third-order valence-electron chi connectivity index (χ3n) is 5.22. The van der Waals surface area contributed by atoms with Crippen LogP contribution in [-0.2, 0) is 6.42 Å². The van der Waals surface area contributed by atoms with Crippen LogP contribution in [0.4, 0.5) is 0 Å². The summed E-state index contributed by atoms with van der Waals surface area (Å²) < 4.78 is 16.8. The molecule has 0 saturated carbocycles. The molecule has 6 nitrogen and oxygen atoms in total. The Morgan fingerprint density at radius 2 is 2.03 bits per heavy atom. The summed E-state index contributed by atoms with van der Waals surface area (Å²) in [5, 5.41) is 2.96. The first kappa shape index (κ1) is 17.6. The highest BCUT2D eigenvalue weighted by molar-refractivity contribution is 5.95. The summed E-state index contributed by atoms with van der Waals surface area (Å²) >= 11 is 0. The number of pyridine rings is 1. The van der Waals surface area contributed by atoms with Crippen LogP contribution >= 0.6 is 0 Å². The fraction of sp³-hybridized carbons (Fsp3) is 0.217. The monoisotopic (exact) mass is 388 g/mol. The van der Waals surface area contributed by atoms with Crippen molar-refractivity contribution in [2.24, 2.45) is 0 Å². The first-order valence-electron chi connectivity index (χ1n) is 9.57. The number of aromatic nitrogens is 1. The summed E-state index contributed by atoms with van der Waals surface area (Å²) in [5.41, 5.74) is 4.69. The number of hydrogen-bond donors (Lipinski definition) is 1. The van der Waals surface area contributed by atoms with E-state index in [1.165, 1.54) is 0 Å². The topological polar surface area (TPSA) is 69.7 Å². The predicted molar refractivity (Wildman–Crippen MR) is 107 cm³/mol. The molecule has 3 heterocycles. The zero-order valence-electron chi connectivity index (χ0n) is 16.0. The summed E-state index contributed by atoms with van der Waals surface area (Å²) in [6, 6.07) is 15.3. The molecule has 1 N–H and O–H groups in total. The normalized spacial score (nSPS) is 16.2. The van der Waals surface area contributed by atoms with Crippen LogP contribution in [0.25, 0.3) is 11.3 Å². The van der Waals surface area contributed by atoms with E-state index in [-0.39, 0.29) is 18.8 Å². The molecule has 0 saturated heterocycles. The average Bonchev–Trinajstić information content (AvgIpc) is 3.38. The largest absolute Gasteiger partial charge is 0.487 e. The number of benzene rings is 2. The number of fused-ring (bicyclic) bond motifs is 2. The van der Waals surface area contributed by atoms with Crippen LogP contribution in [0.5, 0.6) is 17.2 Å². The van der Waals surface area contributed by atoms with Crippen LogP contribution in [0, 0.1) is 6.92 Å². The molecule has 2 aromatic carbocycles. The summed E-state index contributed by atoms with van der Waals surface area (Å²) in [5.74, 6) is 1.95. The molecule has 1 atom stereocenters. The number of hydrogen-bond acceptors (Lipinski definition) is 5. The van der Waals surface area contributed by atoms with E-state index in [1.807, 2.05) is 31.2 Å². The lowest BCUT2D eigenvalue weighted by Gasteiger charge is -2.14. The van der Waals surface area contributed by atoms with E-state index in [9.17, 15) is 4.79 Å². The lowest BCUT2D eigenvalue weighted by atomic mass is 10.0. The Morgan fingerprint density at radius 3 is 2.93 bits per heavy atom. The molecule has 1 aromatic heterocycles. The van der Waals surface area contributed by atoms with Crippen LogP contribution in [0.15, 0.2) is 54.7 Å². The first-order valence-corrected chi connectivity index (χ1v) is 9.57. The van der Waals surface area contributed by atoms with Gasteiger partial charge in [-0.2, -0.15) is 0 Å². The van der Waals surface area contributed by atoms with Gasteiger partial charge in [0.1, 0.15) is 11.9 Å². The molecule has 0 fully saturated rings. The number of para-hydroxylation sites is 1. The molecule has 1 amide bonds. The van der Waals surface area contributed by atoms with Gasteiger partial charge in [-0.05, 0) is 48.4 Å². The minimum absolute atomic E-state index is 0.117. The van der Waals surface area contributed by atoms with E-state index in [4.69, 9.17) is 14.2 Å². The van der Waals surface area contributed by atoms with Gasteiger partial charge >= 0.3 is 0 Å². The summed E-state index contributed by atoms with van der Waals surface area (Å²) in [7, 11) is 0. The van der Waals surface area contributed by atoms with Crippen LogP contribution in [0.2, 0.25) is 0 Å². The van der Waals surface area contributed by atoms with Crippen molar-refractivity contribution in [3.63, 3.8) is 0 Å². The molecule has 2 aliphatic rings. The zero-order valence-corrected chi connectivity index (χ0v) is 16.0. The number of carbonyl (C=O) groups excluding carboxylic acids is 1. The van der Waals surface area contributed by atoms with Gasteiger partial charge in [-0.1, -0.05) is 18.2 Å². The van der Waals surface area contributed by atoms with Gasteiger partial charge in [-0.25, -0.2) is 0 Å². The number of amides is 1. The van der Waals surface area contributed by atoms with Gasteiger partial charge in [-0.15, -0.1) is 0 Å². The Morgan fingerprint density at radius 1 is 1.14 bits per heavy atom. The van der Waals surface area contributed by atoms with Crippen molar-refractivity contribution in [3.8, 4) is 28.5 Å². The highest BCUT2D eigenvalue weighted by Gasteiger charge is 2.27. The molecule has 3 aromatic rings. The van der Waals surface area contributed by atoms with E-state index in [1.54, 1.807) is 24.4 Å². The smallest absolute Gasteiger partial charge is 0.251 e. The van der Waals surface area contributed by atoms with Gasteiger partial charge in [-0.3, -0.25) is 9.78 Å². The molecule has 6 heteroatoms. The van der Waals surface area contributed by atoms with E-state index in [0.717, 1.165) is 34.6 Å². The second kappa shape index (κ2) is 7.13. The van der Waals surface area contributed by atoms with E-state index in [2.05, 4.69) is 16.4 Å². The molecule has 0 unspecified atom stereocenters. The van der Waals surface area contributed by atoms with Crippen molar-refractivity contribution in [1.29, 1.82) is 0 Å². The maximum atomic E-state index is 12.5. The van der Waals surface area contributed by atoms with E-state index in [0.29, 0.717) is 23.6 Å². The number of aryl methyl sites for hydroxylation is 1. The average molecular weight is 388 g/mol. The Kier molecular flexibility index (Phi) is 4.31. The molecule has 0 aliphatic carbocycles. The maximum Gasteiger partial charge on any atom is 0.251 e. The molecule has 29 heavy (non-hydrogen) atoms. The Bertz CT molecular complexity index is 1100. The van der Waals surface area contributed by atoms with Crippen molar-refractivity contribution in [2.75, 3.05) is 13.3 Å². The maximum absolute atomic E-state index is 12.5.